The Balaban J connectivity index is 1.86. The molecule has 7 heteroatoms. The van der Waals surface area contributed by atoms with Crippen LogP contribution in [0.3, 0.4) is 0 Å². The molecule has 25 heavy (non-hydrogen) atoms. The summed E-state index contributed by atoms with van der Waals surface area (Å²) in [5, 5.41) is 4.41. The van der Waals surface area contributed by atoms with Crippen molar-refractivity contribution in [3.63, 3.8) is 0 Å². The van der Waals surface area contributed by atoms with Gasteiger partial charge in [-0.3, -0.25) is 9.30 Å². The summed E-state index contributed by atoms with van der Waals surface area (Å²) >= 11 is 12.6. The Morgan fingerprint density at radius 1 is 1.12 bits per heavy atom. The van der Waals surface area contributed by atoms with Crippen molar-refractivity contribution in [2.75, 3.05) is 26.2 Å². The van der Waals surface area contributed by atoms with Gasteiger partial charge >= 0.3 is 0 Å². The summed E-state index contributed by atoms with van der Waals surface area (Å²) in [6.45, 7) is 4.58. The van der Waals surface area contributed by atoms with Gasteiger partial charge < -0.3 is 5.32 Å². The second kappa shape index (κ2) is 6.92. The molecule has 1 aliphatic rings. The Hall–Kier alpha value is -1.66. The van der Waals surface area contributed by atoms with Crippen LogP contribution in [0.5, 0.6) is 0 Å². The molecule has 1 aliphatic heterocycles. The van der Waals surface area contributed by atoms with Gasteiger partial charge in [-0.1, -0.05) is 23.2 Å². The van der Waals surface area contributed by atoms with E-state index in [1.807, 2.05) is 10.6 Å². The van der Waals surface area contributed by atoms with Crippen LogP contribution in [0.4, 0.5) is 4.39 Å². The number of fused-ring (bicyclic) bond motifs is 1. The summed E-state index contributed by atoms with van der Waals surface area (Å²) in [6, 6.07) is 8.07. The van der Waals surface area contributed by atoms with Crippen LogP contribution < -0.4 is 5.32 Å². The van der Waals surface area contributed by atoms with Gasteiger partial charge in [0.15, 0.2) is 5.65 Å². The van der Waals surface area contributed by atoms with Crippen LogP contribution in [-0.4, -0.2) is 40.5 Å². The molecule has 130 valence electrons. The zero-order chi connectivity index (χ0) is 17.4. The third-order valence-electron chi connectivity index (χ3n) is 4.44. The Morgan fingerprint density at radius 2 is 1.84 bits per heavy atom. The van der Waals surface area contributed by atoms with Gasteiger partial charge in [-0.05, 0) is 30.3 Å². The lowest BCUT2D eigenvalue weighted by Gasteiger charge is -2.27. The van der Waals surface area contributed by atoms with Crippen molar-refractivity contribution in [2.24, 2.45) is 0 Å². The third-order valence-corrected chi connectivity index (χ3v) is 4.93. The highest BCUT2D eigenvalue weighted by Gasteiger charge is 2.20. The van der Waals surface area contributed by atoms with Crippen LogP contribution >= 0.6 is 23.2 Å². The maximum absolute atomic E-state index is 13.3. The third kappa shape index (κ3) is 3.37. The topological polar surface area (TPSA) is 32.6 Å². The quantitative estimate of drug-likeness (QED) is 0.751. The van der Waals surface area contributed by atoms with Crippen LogP contribution in [0, 0.1) is 5.82 Å². The smallest absolute Gasteiger partial charge is 0.156 e. The number of hydrogen-bond donors (Lipinski definition) is 1. The number of nitrogens with one attached hydrogen (secondary N) is 1. The lowest BCUT2D eigenvalue weighted by Crippen LogP contribution is -2.43. The minimum Gasteiger partial charge on any atom is -0.314 e. The summed E-state index contributed by atoms with van der Waals surface area (Å²) < 4.78 is 15.3. The SMILES string of the molecule is Fc1ccc(-c2nc3c(Cl)cc(Cl)cn3c2CN2CCNCC2)cc1. The molecule has 0 spiro atoms. The molecular formula is C18H17Cl2FN4. The number of benzene rings is 1. The summed E-state index contributed by atoms with van der Waals surface area (Å²) in [5.74, 6) is -0.266. The number of imidazole rings is 1. The van der Waals surface area contributed by atoms with Crippen molar-refractivity contribution >= 4 is 28.8 Å². The molecule has 0 unspecified atom stereocenters. The van der Waals surface area contributed by atoms with Crippen molar-refractivity contribution in [2.45, 2.75) is 6.54 Å². The normalized spacial score (nSPS) is 15.8. The summed E-state index contributed by atoms with van der Waals surface area (Å²) in [4.78, 5) is 7.09. The molecule has 0 saturated carbocycles. The first-order valence-corrected chi connectivity index (χ1v) is 8.92. The molecule has 2 aromatic heterocycles. The first-order chi connectivity index (χ1) is 12.1. The van der Waals surface area contributed by atoms with Crippen LogP contribution in [0.2, 0.25) is 10.0 Å². The highest BCUT2D eigenvalue weighted by molar-refractivity contribution is 6.36. The molecule has 1 saturated heterocycles. The van der Waals surface area contributed by atoms with Gasteiger partial charge in [-0.15, -0.1) is 0 Å². The highest BCUT2D eigenvalue weighted by Crippen LogP contribution is 2.30. The van der Waals surface area contributed by atoms with Crippen LogP contribution in [0.25, 0.3) is 16.9 Å². The number of rotatable bonds is 3. The van der Waals surface area contributed by atoms with Crippen molar-refractivity contribution in [3.8, 4) is 11.3 Å². The van der Waals surface area contributed by atoms with E-state index in [0.717, 1.165) is 49.7 Å². The van der Waals surface area contributed by atoms with Crippen LogP contribution in [0.15, 0.2) is 36.5 Å². The van der Waals surface area contributed by atoms with E-state index in [9.17, 15) is 4.39 Å². The molecule has 0 bridgehead atoms. The Morgan fingerprint density at radius 3 is 2.56 bits per heavy atom. The fourth-order valence-electron chi connectivity index (χ4n) is 3.19. The number of piperazine rings is 1. The van der Waals surface area contributed by atoms with Crippen LogP contribution in [-0.2, 0) is 6.54 Å². The maximum atomic E-state index is 13.3. The zero-order valence-electron chi connectivity index (χ0n) is 13.5. The van der Waals surface area contributed by atoms with E-state index >= 15 is 0 Å². The van der Waals surface area contributed by atoms with Gasteiger partial charge in [0.2, 0.25) is 0 Å². The molecule has 1 fully saturated rings. The lowest BCUT2D eigenvalue weighted by atomic mass is 10.1. The predicted octanol–water partition coefficient (Wildman–Crippen LogP) is 3.85. The number of aromatic nitrogens is 2. The van der Waals surface area contributed by atoms with Crippen molar-refractivity contribution in [3.05, 3.63) is 58.1 Å². The largest absolute Gasteiger partial charge is 0.314 e. The first-order valence-electron chi connectivity index (χ1n) is 8.17. The molecule has 0 radical (unpaired) electrons. The molecule has 4 nitrogen and oxygen atoms in total. The second-order valence-electron chi connectivity index (χ2n) is 6.14. The zero-order valence-corrected chi connectivity index (χ0v) is 15.0. The average Bonchev–Trinajstić information content (AvgIpc) is 2.95. The highest BCUT2D eigenvalue weighted by atomic mass is 35.5. The molecule has 0 aliphatic carbocycles. The van der Waals surface area contributed by atoms with Gasteiger partial charge in [0.05, 0.1) is 21.4 Å². The van der Waals surface area contributed by atoms with Gasteiger partial charge in [-0.2, -0.15) is 0 Å². The Labute approximate surface area is 155 Å². The van der Waals surface area contributed by atoms with E-state index in [-0.39, 0.29) is 5.82 Å². The van der Waals surface area contributed by atoms with E-state index in [1.54, 1.807) is 18.2 Å². The molecule has 0 amide bonds. The number of halogens is 3. The molecular weight excluding hydrogens is 362 g/mol. The molecule has 4 rings (SSSR count). The Bertz CT molecular complexity index is 902. The van der Waals surface area contributed by atoms with Gasteiger partial charge in [0.25, 0.3) is 0 Å². The second-order valence-corrected chi connectivity index (χ2v) is 6.98. The number of pyridine rings is 1. The predicted molar refractivity (Wildman–Crippen MR) is 98.8 cm³/mol. The van der Waals surface area contributed by atoms with Gasteiger partial charge in [0, 0.05) is 44.5 Å². The summed E-state index contributed by atoms with van der Waals surface area (Å²) in [6.07, 6.45) is 1.83. The molecule has 1 N–H and O–H groups in total. The Kier molecular flexibility index (Phi) is 4.65. The van der Waals surface area contributed by atoms with Crippen molar-refractivity contribution < 1.29 is 4.39 Å². The van der Waals surface area contributed by atoms with Gasteiger partial charge in [0.1, 0.15) is 5.82 Å². The first kappa shape index (κ1) is 16.8. The number of nitrogens with zero attached hydrogens (tertiary/aromatic N) is 3. The minimum absolute atomic E-state index is 0.266. The van der Waals surface area contributed by atoms with E-state index in [4.69, 9.17) is 28.2 Å². The molecule has 3 heterocycles. The van der Waals surface area contributed by atoms with Crippen LogP contribution in [0.1, 0.15) is 5.69 Å². The van der Waals surface area contributed by atoms with E-state index in [1.165, 1.54) is 12.1 Å². The summed E-state index contributed by atoms with van der Waals surface area (Å²) in [7, 11) is 0. The minimum atomic E-state index is -0.266. The maximum Gasteiger partial charge on any atom is 0.156 e. The lowest BCUT2D eigenvalue weighted by molar-refractivity contribution is 0.230. The van der Waals surface area contributed by atoms with Gasteiger partial charge in [-0.25, -0.2) is 9.37 Å². The fraction of sp³-hybridized carbons (Fsp3) is 0.278. The molecule has 0 atom stereocenters. The monoisotopic (exact) mass is 378 g/mol. The van der Waals surface area contributed by atoms with Crippen molar-refractivity contribution in [1.29, 1.82) is 0 Å². The van der Waals surface area contributed by atoms with E-state index in [2.05, 4.69) is 10.2 Å². The molecule has 1 aromatic carbocycles. The average molecular weight is 379 g/mol. The summed E-state index contributed by atoms with van der Waals surface area (Å²) in [5.41, 5.74) is 3.34. The fourth-order valence-corrected chi connectivity index (χ4v) is 3.70. The van der Waals surface area contributed by atoms with E-state index < -0.39 is 0 Å². The number of hydrogen-bond acceptors (Lipinski definition) is 3. The van der Waals surface area contributed by atoms with Crippen molar-refractivity contribution in [1.82, 2.24) is 19.6 Å². The van der Waals surface area contributed by atoms with E-state index in [0.29, 0.717) is 15.7 Å². The molecule has 3 aromatic rings. The standard InChI is InChI=1S/C18H17Cl2FN4/c19-13-9-15(20)18-23-17(12-1-3-14(21)4-2-12)16(25(18)10-13)11-24-7-5-22-6-8-24/h1-4,9-10,22H,5-8,11H2.